The number of carbonyl (C=O) groups is 1. The number of hydrogen-bond donors (Lipinski definition) is 0. The summed E-state index contributed by atoms with van der Waals surface area (Å²) in [4.78, 5) is 15.8. The largest absolute Gasteiger partial charge is 0.339 e. The molecular weight excluding hydrogens is 388 g/mol. The second kappa shape index (κ2) is 8.92. The van der Waals surface area contributed by atoms with E-state index in [1.165, 1.54) is 23.7 Å². The topological polar surface area (TPSA) is 51.0 Å². The molecule has 1 amide bonds. The van der Waals surface area contributed by atoms with Gasteiger partial charge in [-0.3, -0.25) is 9.36 Å². The van der Waals surface area contributed by atoms with Crippen molar-refractivity contribution in [3.05, 3.63) is 53.4 Å². The van der Waals surface area contributed by atoms with E-state index in [9.17, 15) is 4.79 Å². The Balaban J connectivity index is 1.54. The molecule has 1 aliphatic heterocycles. The van der Waals surface area contributed by atoms with Gasteiger partial charge < -0.3 is 4.90 Å². The van der Waals surface area contributed by atoms with Gasteiger partial charge >= 0.3 is 0 Å². The van der Waals surface area contributed by atoms with Gasteiger partial charge in [0.25, 0.3) is 0 Å². The number of likely N-dealkylation sites (tertiary alicyclic amines) is 1. The Bertz CT molecular complexity index is 908. The molecule has 1 saturated heterocycles. The molecule has 2 aromatic heterocycles. The van der Waals surface area contributed by atoms with Gasteiger partial charge in [0.15, 0.2) is 11.0 Å². The molecule has 146 valence electrons. The minimum Gasteiger partial charge on any atom is -0.339 e. The summed E-state index contributed by atoms with van der Waals surface area (Å²) in [6, 6.07) is 14.7. The Morgan fingerprint density at radius 2 is 2.04 bits per heavy atom. The lowest BCUT2D eigenvalue weighted by atomic mass is 10.0. The molecule has 0 spiro atoms. The SMILES string of the molecule is CC1CCCCN1C(=O)CSc1nnc(-c2cccs2)n1Cc1ccccc1. The predicted octanol–water partition coefficient (Wildman–Crippen LogP) is 4.55. The zero-order valence-electron chi connectivity index (χ0n) is 16.0. The molecule has 0 N–H and O–H groups in total. The number of hydrogen-bond acceptors (Lipinski definition) is 5. The Morgan fingerprint density at radius 1 is 1.18 bits per heavy atom. The van der Waals surface area contributed by atoms with Gasteiger partial charge in [0, 0.05) is 12.6 Å². The van der Waals surface area contributed by atoms with Crippen molar-refractivity contribution in [1.29, 1.82) is 0 Å². The van der Waals surface area contributed by atoms with Gasteiger partial charge in [-0.15, -0.1) is 21.5 Å². The van der Waals surface area contributed by atoms with Crippen LogP contribution in [0.2, 0.25) is 0 Å². The van der Waals surface area contributed by atoms with Crippen LogP contribution in [-0.2, 0) is 11.3 Å². The first-order chi connectivity index (χ1) is 13.7. The normalized spacial score (nSPS) is 17.0. The Morgan fingerprint density at radius 3 is 2.79 bits per heavy atom. The van der Waals surface area contributed by atoms with E-state index < -0.39 is 0 Å². The van der Waals surface area contributed by atoms with Crippen LogP contribution in [0.3, 0.4) is 0 Å². The first-order valence-electron chi connectivity index (χ1n) is 9.65. The Hall–Kier alpha value is -2.12. The van der Waals surface area contributed by atoms with E-state index in [-0.39, 0.29) is 5.91 Å². The van der Waals surface area contributed by atoms with Crippen LogP contribution in [0.25, 0.3) is 10.7 Å². The van der Waals surface area contributed by atoms with Crippen molar-refractivity contribution >= 4 is 29.0 Å². The van der Waals surface area contributed by atoms with Crippen LogP contribution < -0.4 is 0 Å². The average Bonchev–Trinajstić information content (AvgIpc) is 3.37. The van der Waals surface area contributed by atoms with Crippen molar-refractivity contribution in [3.63, 3.8) is 0 Å². The number of carbonyl (C=O) groups excluding carboxylic acids is 1. The second-order valence-electron chi connectivity index (χ2n) is 7.08. The number of piperidine rings is 1. The molecule has 0 aliphatic carbocycles. The fourth-order valence-electron chi connectivity index (χ4n) is 3.57. The number of nitrogens with zero attached hydrogens (tertiary/aromatic N) is 4. The summed E-state index contributed by atoms with van der Waals surface area (Å²) < 4.78 is 2.12. The van der Waals surface area contributed by atoms with E-state index in [2.05, 4.69) is 39.9 Å². The molecule has 5 nitrogen and oxygen atoms in total. The molecular formula is C21H24N4OS2. The molecule has 0 radical (unpaired) electrons. The van der Waals surface area contributed by atoms with E-state index >= 15 is 0 Å². The van der Waals surface area contributed by atoms with Crippen molar-refractivity contribution in [2.75, 3.05) is 12.3 Å². The van der Waals surface area contributed by atoms with Gasteiger partial charge in [-0.1, -0.05) is 48.2 Å². The van der Waals surface area contributed by atoms with E-state index in [0.717, 1.165) is 35.2 Å². The number of benzene rings is 1. The Kier molecular flexibility index (Phi) is 6.12. The van der Waals surface area contributed by atoms with Crippen molar-refractivity contribution in [1.82, 2.24) is 19.7 Å². The molecule has 3 heterocycles. The summed E-state index contributed by atoms with van der Waals surface area (Å²) in [7, 11) is 0. The molecule has 4 rings (SSSR count). The summed E-state index contributed by atoms with van der Waals surface area (Å²) in [6.07, 6.45) is 3.42. The number of aromatic nitrogens is 3. The highest BCUT2D eigenvalue weighted by Gasteiger charge is 2.24. The van der Waals surface area contributed by atoms with Gasteiger partial charge in [0.1, 0.15) is 0 Å². The molecule has 1 aromatic carbocycles. The zero-order chi connectivity index (χ0) is 19.3. The van der Waals surface area contributed by atoms with Crippen molar-refractivity contribution in [2.45, 2.75) is 43.9 Å². The summed E-state index contributed by atoms with van der Waals surface area (Å²) in [5.41, 5.74) is 1.19. The fourth-order valence-corrected chi connectivity index (χ4v) is 5.11. The molecule has 1 fully saturated rings. The van der Waals surface area contributed by atoms with Crippen LogP contribution in [-0.4, -0.2) is 43.9 Å². The van der Waals surface area contributed by atoms with Crippen molar-refractivity contribution in [3.8, 4) is 10.7 Å². The van der Waals surface area contributed by atoms with E-state index in [0.29, 0.717) is 18.3 Å². The maximum atomic E-state index is 12.7. The lowest BCUT2D eigenvalue weighted by Crippen LogP contribution is -2.43. The minimum atomic E-state index is 0.198. The average molecular weight is 413 g/mol. The van der Waals surface area contributed by atoms with E-state index in [1.54, 1.807) is 11.3 Å². The summed E-state index contributed by atoms with van der Waals surface area (Å²) in [5, 5.41) is 11.7. The van der Waals surface area contributed by atoms with Gasteiger partial charge in [-0.25, -0.2) is 0 Å². The molecule has 1 aliphatic rings. The number of rotatable bonds is 6. The van der Waals surface area contributed by atoms with Gasteiger partial charge in [0.05, 0.1) is 17.2 Å². The van der Waals surface area contributed by atoms with Gasteiger partial charge in [0.2, 0.25) is 5.91 Å². The van der Waals surface area contributed by atoms with Crippen LogP contribution in [0.15, 0.2) is 53.0 Å². The summed E-state index contributed by atoms with van der Waals surface area (Å²) >= 11 is 3.14. The van der Waals surface area contributed by atoms with Gasteiger partial charge in [-0.2, -0.15) is 0 Å². The number of thioether (sulfide) groups is 1. The van der Waals surface area contributed by atoms with Crippen LogP contribution in [0.5, 0.6) is 0 Å². The van der Waals surface area contributed by atoms with Crippen LogP contribution in [0.1, 0.15) is 31.7 Å². The zero-order valence-corrected chi connectivity index (χ0v) is 17.6. The van der Waals surface area contributed by atoms with Crippen LogP contribution >= 0.6 is 23.1 Å². The predicted molar refractivity (Wildman–Crippen MR) is 115 cm³/mol. The molecule has 3 aromatic rings. The number of thiophene rings is 1. The monoisotopic (exact) mass is 412 g/mol. The highest BCUT2D eigenvalue weighted by molar-refractivity contribution is 7.99. The van der Waals surface area contributed by atoms with E-state index in [4.69, 9.17) is 0 Å². The lowest BCUT2D eigenvalue weighted by Gasteiger charge is -2.33. The number of amides is 1. The lowest BCUT2D eigenvalue weighted by molar-refractivity contribution is -0.131. The third kappa shape index (κ3) is 4.31. The maximum Gasteiger partial charge on any atom is 0.233 e. The van der Waals surface area contributed by atoms with Crippen molar-refractivity contribution in [2.24, 2.45) is 0 Å². The molecule has 1 unspecified atom stereocenters. The highest BCUT2D eigenvalue weighted by Crippen LogP contribution is 2.28. The maximum absolute atomic E-state index is 12.7. The smallest absolute Gasteiger partial charge is 0.233 e. The summed E-state index contributed by atoms with van der Waals surface area (Å²) in [5.74, 6) is 1.46. The van der Waals surface area contributed by atoms with E-state index in [1.807, 2.05) is 34.5 Å². The quantitative estimate of drug-likeness (QED) is 0.558. The molecule has 1 atom stereocenters. The summed E-state index contributed by atoms with van der Waals surface area (Å²) in [6.45, 7) is 3.71. The first kappa shape index (κ1) is 19.2. The van der Waals surface area contributed by atoms with Crippen LogP contribution in [0, 0.1) is 0 Å². The minimum absolute atomic E-state index is 0.198. The van der Waals surface area contributed by atoms with Crippen molar-refractivity contribution < 1.29 is 4.79 Å². The molecule has 28 heavy (non-hydrogen) atoms. The third-order valence-corrected chi connectivity index (χ3v) is 6.91. The van der Waals surface area contributed by atoms with Gasteiger partial charge in [-0.05, 0) is 43.2 Å². The second-order valence-corrected chi connectivity index (χ2v) is 8.97. The molecule has 0 bridgehead atoms. The fraction of sp³-hybridized carbons (Fsp3) is 0.381. The van der Waals surface area contributed by atoms with Crippen LogP contribution in [0.4, 0.5) is 0 Å². The Labute approximate surface area is 173 Å². The molecule has 7 heteroatoms. The standard InChI is InChI=1S/C21H24N4OS2/c1-16-8-5-6-12-24(16)19(26)15-28-21-23-22-20(18-11-7-13-27-18)25(21)14-17-9-3-2-4-10-17/h2-4,7,9-11,13,16H,5-6,8,12,14-15H2,1H3. The highest BCUT2D eigenvalue weighted by atomic mass is 32.2. The molecule has 0 saturated carbocycles. The first-order valence-corrected chi connectivity index (χ1v) is 11.5. The third-order valence-electron chi connectivity index (χ3n) is 5.09.